The van der Waals surface area contributed by atoms with Crippen molar-refractivity contribution < 1.29 is 39.8 Å². The molecule has 0 aromatic heterocycles. The van der Waals surface area contributed by atoms with Crippen molar-refractivity contribution in [2.24, 2.45) is 0 Å². The van der Waals surface area contributed by atoms with Gasteiger partial charge >= 0.3 is 0 Å². The van der Waals surface area contributed by atoms with Crippen LogP contribution in [0.15, 0.2) is 0 Å². The molecule has 52 heavy (non-hydrogen) atoms. The largest absolute Gasteiger partial charge is 0.394 e. The maximum Gasteiger partial charge on any atom is 0.220 e. The first-order valence-corrected chi connectivity index (χ1v) is 22.2. The molecule has 7 atom stereocenters. The molecule has 0 aromatic carbocycles. The maximum absolute atomic E-state index is 12.9. The first kappa shape index (κ1) is 49.2. The average Bonchev–Trinajstić information content (AvgIpc) is 3.14. The van der Waals surface area contributed by atoms with Crippen molar-refractivity contribution in [1.29, 1.82) is 0 Å². The van der Waals surface area contributed by atoms with Crippen molar-refractivity contribution in [3.63, 3.8) is 0 Å². The third-order valence-electron chi connectivity index (χ3n) is 11.0. The van der Waals surface area contributed by atoms with Gasteiger partial charge in [0.15, 0.2) is 6.29 Å². The molecule has 1 aliphatic heterocycles. The highest BCUT2D eigenvalue weighted by molar-refractivity contribution is 5.76. The highest BCUT2D eigenvalue weighted by atomic mass is 16.7. The van der Waals surface area contributed by atoms with Crippen LogP contribution in [-0.2, 0) is 14.3 Å². The summed E-state index contributed by atoms with van der Waals surface area (Å²) < 4.78 is 11.2. The predicted octanol–water partition coefficient (Wildman–Crippen LogP) is 8.78. The van der Waals surface area contributed by atoms with Crippen LogP contribution < -0.4 is 5.32 Å². The lowest BCUT2D eigenvalue weighted by molar-refractivity contribution is -0.302. The van der Waals surface area contributed by atoms with Crippen molar-refractivity contribution in [3.8, 4) is 0 Å². The van der Waals surface area contributed by atoms with Crippen molar-refractivity contribution in [3.05, 3.63) is 0 Å². The molecule has 0 radical (unpaired) electrons. The van der Waals surface area contributed by atoms with Gasteiger partial charge in [-0.2, -0.15) is 0 Å². The molecular formula is C43H85NO8. The van der Waals surface area contributed by atoms with Crippen LogP contribution in [0.25, 0.3) is 0 Å². The molecule has 0 saturated carbocycles. The van der Waals surface area contributed by atoms with E-state index in [4.69, 9.17) is 9.47 Å². The van der Waals surface area contributed by atoms with E-state index in [9.17, 15) is 30.3 Å². The van der Waals surface area contributed by atoms with Crippen molar-refractivity contribution in [2.45, 2.75) is 256 Å². The van der Waals surface area contributed by atoms with Gasteiger partial charge in [0.2, 0.25) is 5.91 Å². The molecule has 0 bridgehead atoms. The predicted molar refractivity (Wildman–Crippen MR) is 212 cm³/mol. The monoisotopic (exact) mass is 744 g/mol. The zero-order valence-corrected chi connectivity index (χ0v) is 33.8. The summed E-state index contributed by atoms with van der Waals surface area (Å²) in [6.07, 6.45) is 29.6. The van der Waals surface area contributed by atoms with E-state index in [0.29, 0.717) is 12.8 Å². The molecule has 9 nitrogen and oxygen atoms in total. The quantitative estimate of drug-likeness (QED) is 0.0346. The summed E-state index contributed by atoms with van der Waals surface area (Å²) in [5, 5.41) is 54.2. The fourth-order valence-corrected chi connectivity index (χ4v) is 7.34. The summed E-state index contributed by atoms with van der Waals surface area (Å²) in [5.41, 5.74) is 0. The average molecular weight is 744 g/mol. The Balaban J connectivity index is 2.32. The lowest BCUT2D eigenvalue weighted by atomic mass is 9.99. The molecule has 7 unspecified atom stereocenters. The molecule has 6 N–H and O–H groups in total. The number of rotatable bonds is 37. The minimum absolute atomic E-state index is 0.132. The number of carbonyl (C=O) groups excluding carboxylic acids is 1. The lowest BCUT2D eigenvalue weighted by Crippen LogP contribution is -2.60. The fourth-order valence-electron chi connectivity index (χ4n) is 7.34. The second-order valence-corrected chi connectivity index (χ2v) is 15.9. The Morgan fingerprint density at radius 2 is 0.962 bits per heavy atom. The maximum atomic E-state index is 12.9. The number of unbranched alkanes of at least 4 members (excludes halogenated alkanes) is 27. The van der Waals surface area contributed by atoms with Crippen molar-refractivity contribution >= 4 is 5.91 Å². The number of nitrogens with one attached hydrogen (secondary N) is 1. The summed E-state index contributed by atoms with van der Waals surface area (Å²) in [5.74, 6) is -0.143. The number of aliphatic hydroxyl groups is 5. The Morgan fingerprint density at radius 3 is 1.37 bits per heavy atom. The van der Waals surface area contributed by atoms with E-state index >= 15 is 0 Å². The third-order valence-corrected chi connectivity index (χ3v) is 11.0. The molecule has 310 valence electrons. The molecule has 1 heterocycles. The van der Waals surface area contributed by atoms with Crippen LogP contribution in [0.1, 0.15) is 213 Å². The molecular weight excluding hydrogens is 658 g/mol. The Labute approximate surface area is 319 Å². The normalized spacial score (nSPS) is 21.7. The van der Waals surface area contributed by atoms with Gasteiger partial charge < -0.3 is 40.3 Å². The van der Waals surface area contributed by atoms with E-state index in [1.54, 1.807) is 0 Å². The summed E-state index contributed by atoms with van der Waals surface area (Å²) in [6, 6.07) is -0.710. The number of hydrogen-bond acceptors (Lipinski definition) is 8. The number of hydrogen-bond donors (Lipinski definition) is 6. The molecule has 1 fully saturated rings. The zero-order valence-electron chi connectivity index (χ0n) is 33.8. The van der Waals surface area contributed by atoms with Crippen molar-refractivity contribution in [1.82, 2.24) is 5.32 Å². The standard InChI is InChI=1S/C43H85NO8/c1-3-5-7-9-11-13-15-16-17-18-19-20-21-23-24-26-28-30-32-37(46)36(35-51-43-42(50)41(49)40(48)38(34-45)52-43)44-39(47)33-31-29-27-25-22-14-12-10-8-6-4-2/h36-38,40-43,45-46,48-50H,3-35H2,1-2H3,(H,44,47). The van der Waals surface area contributed by atoms with Crippen LogP contribution >= 0.6 is 0 Å². The van der Waals surface area contributed by atoms with Crippen LogP contribution in [0.4, 0.5) is 0 Å². The van der Waals surface area contributed by atoms with Gasteiger partial charge in [-0.15, -0.1) is 0 Å². The molecule has 1 amide bonds. The van der Waals surface area contributed by atoms with Gasteiger partial charge in [0, 0.05) is 6.42 Å². The van der Waals surface area contributed by atoms with E-state index < -0.39 is 49.5 Å². The van der Waals surface area contributed by atoms with Crippen LogP contribution in [0.3, 0.4) is 0 Å². The molecule has 1 aliphatic rings. The van der Waals surface area contributed by atoms with Gasteiger partial charge in [-0.05, 0) is 12.8 Å². The Hall–Kier alpha value is -0.810. The second kappa shape index (κ2) is 34.7. The molecule has 1 saturated heterocycles. The van der Waals surface area contributed by atoms with Gasteiger partial charge in [0.1, 0.15) is 24.4 Å². The number of ether oxygens (including phenoxy) is 2. The Morgan fingerprint density at radius 1 is 0.577 bits per heavy atom. The van der Waals surface area contributed by atoms with Gasteiger partial charge in [0.05, 0.1) is 25.4 Å². The zero-order chi connectivity index (χ0) is 38.1. The Kier molecular flexibility index (Phi) is 32.8. The first-order valence-electron chi connectivity index (χ1n) is 22.2. The summed E-state index contributed by atoms with van der Waals surface area (Å²) in [4.78, 5) is 12.9. The van der Waals surface area contributed by atoms with E-state index in [2.05, 4.69) is 19.2 Å². The van der Waals surface area contributed by atoms with Gasteiger partial charge in [-0.3, -0.25) is 4.79 Å². The number of aliphatic hydroxyl groups excluding tert-OH is 5. The van der Waals surface area contributed by atoms with Gasteiger partial charge in [0.25, 0.3) is 0 Å². The smallest absolute Gasteiger partial charge is 0.220 e. The summed E-state index contributed by atoms with van der Waals surface area (Å²) in [7, 11) is 0. The topological polar surface area (TPSA) is 149 Å². The molecule has 9 heteroatoms. The Bertz CT molecular complexity index is 786. The molecule has 1 rings (SSSR count). The number of amides is 1. The second-order valence-electron chi connectivity index (χ2n) is 15.9. The summed E-state index contributed by atoms with van der Waals surface area (Å²) >= 11 is 0. The SMILES string of the molecule is CCCCCCCCCCCCCCCCCCCCC(O)C(COC1OC(CO)C(O)C(O)C1O)NC(=O)CCCCCCCCCCCCC. The van der Waals surface area contributed by atoms with Crippen LogP contribution in [0.5, 0.6) is 0 Å². The van der Waals surface area contributed by atoms with Crippen molar-refractivity contribution in [2.75, 3.05) is 13.2 Å². The number of carbonyl (C=O) groups is 1. The highest BCUT2D eigenvalue weighted by Gasteiger charge is 2.44. The molecule has 0 aromatic rings. The van der Waals surface area contributed by atoms with Crippen LogP contribution in [0.2, 0.25) is 0 Å². The summed E-state index contributed by atoms with van der Waals surface area (Å²) in [6.45, 7) is 3.83. The first-order chi connectivity index (χ1) is 25.3. The minimum atomic E-state index is -1.55. The van der Waals surface area contributed by atoms with Gasteiger partial charge in [-0.1, -0.05) is 194 Å². The van der Waals surface area contributed by atoms with Crippen LogP contribution in [-0.4, -0.2) is 87.5 Å². The van der Waals surface area contributed by atoms with Crippen LogP contribution in [0, 0.1) is 0 Å². The lowest BCUT2D eigenvalue weighted by Gasteiger charge is -2.40. The van der Waals surface area contributed by atoms with Gasteiger partial charge in [-0.25, -0.2) is 0 Å². The van der Waals surface area contributed by atoms with E-state index in [1.807, 2.05) is 0 Å². The van der Waals surface area contributed by atoms with E-state index in [1.165, 1.54) is 148 Å². The fraction of sp³-hybridized carbons (Fsp3) is 0.977. The van der Waals surface area contributed by atoms with E-state index in [-0.39, 0.29) is 12.5 Å². The highest BCUT2D eigenvalue weighted by Crippen LogP contribution is 2.23. The molecule has 0 spiro atoms. The minimum Gasteiger partial charge on any atom is -0.394 e. The third kappa shape index (κ3) is 25.3. The molecule has 0 aliphatic carbocycles. The van der Waals surface area contributed by atoms with E-state index in [0.717, 1.165) is 38.5 Å².